The standard InChI is InChI=1S/C16H19BrN2O2/c17-15-10-13(5-3-12(15)4-6-16(20)21)19-9-8-18-7-1-2-14(18)11-19/h3-6,10,14H,1-2,7-9,11H2,(H,20,21)/b6-4+. The number of rotatable bonds is 3. The van der Waals surface area contributed by atoms with E-state index in [1.54, 1.807) is 6.08 Å². The minimum Gasteiger partial charge on any atom is -0.478 e. The van der Waals surface area contributed by atoms with Crippen LogP contribution in [0.4, 0.5) is 5.69 Å². The molecule has 0 bridgehead atoms. The zero-order valence-corrected chi connectivity index (χ0v) is 13.4. The number of fused-ring (bicyclic) bond motifs is 1. The average Bonchev–Trinajstić information content (AvgIpc) is 2.93. The Balaban J connectivity index is 1.74. The molecule has 0 aliphatic carbocycles. The summed E-state index contributed by atoms with van der Waals surface area (Å²) in [5.74, 6) is -0.927. The van der Waals surface area contributed by atoms with E-state index in [1.165, 1.54) is 25.1 Å². The highest BCUT2D eigenvalue weighted by Gasteiger charge is 2.30. The molecule has 0 spiro atoms. The van der Waals surface area contributed by atoms with Gasteiger partial charge in [0.15, 0.2) is 0 Å². The lowest BCUT2D eigenvalue weighted by atomic mass is 10.1. The first-order chi connectivity index (χ1) is 10.1. The lowest BCUT2D eigenvalue weighted by molar-refractivity contribution is -0.131. The van der Waals surface area contributed by atoms with Gasteiger partial charge in [0.2, 0.25) is 0 Å². The van der Waals surface area contributed by atoms with Crippen molar-refractivity contribution in [2.75, 3.05) is 31.1 Å². The number of carboxylic acids is 1. The molecule has 0 radical (unpaired) electrons. The normalized spacial score (nSPS) is 22.7. The lowest BCUT2D eigenvalue weighted by Gasteiger charge is -2.39. The van der Waals surface area contributed by atoms with Crippen LogP contribution in [0.3, 0.4) is 0 Å². The molecule has 1 N–H and O–H groups in total. The molecular formula is C16H19BrN2O2. The Morgan fingerprint density at radius 3 is 2.95 bits per heavy atom. The van der Waals surface area contributed by atoms with Crippen LogP contribution < -0.4 is 4.90 Å². The van der Waals surface area contributed by atoms with E-state index in [2.05, 4.69) is 37.9 Å². The topological polar surface area (TPSA) is 43.8 Å². The third-order valence-corrected chi connectivity index (χ3v) is 5.03. The number of carbonyl (C=O) groups is 1. The van der Waals surface area contributed by atoms with Crippen LogP contribution in [0.1, 0.15) is 18.4 Å². The van der Waals surface area contributed by atoms with Gasteiger partial charge in [-0.25, -0.2) is 4.79 Å². The van der Waals surface area contributed by atoms with Crippen molar-refractivity contribution in [2.24, 2.45) is 0 Å². The summed E-state index contributed by atoms with van der Waals surface area (Å²) in [6, 6.07) is 6.84. The summed E-state index contributed by atoms with van der Waals surface area (Å²) in [6.07, 6.45) is 5.40. The molecule has 2 heterocycles. The van der Waals surface area contributed by atoms with Crippen molar-refractivity contribution in [3.05, 3.63) is 34.3 Å². The van der Waals surface area contributed by atoms with E-state index in [-0.39, 0.29) is 0 Å². The van der Waals surface area contributed by atoms with Gasteiger partial charge < -0.3 is 10.0 Å². The summed E-state index contributed by atoms with van der Waals surface area (Å²) in [5.41, 5.74) is 2.10. The Morgan fingerprint density at radius 1 is 1.33 bits per heavy atom. The van der Waals surface area contributed by atoms with Crippen molar-refractivity contribution >= 4 is 33.7 Å². The summed E-state index contributed by atoms with van der Waals surface area (Å²) >= 11 is 3.54. The molecule has 1 aromatic rings. The van der Waals surface area contributed by atoms with E-state index in [9.17, 15) is 4.79 Å². The lowest BCUT2D eigenvalue weighted by Crippen LogP contribution is -2.50. The van der Waals surface area contributed by atoms with Crippen molar-refractivity contribution in [3.63, 3.8) is 0 Å². The van der Waals surface area contributed by atoms with Crippen LogP contribution in [0, 0.1) is 0 Å². The summed E-state index contributed by atoms with van der Waals surface area (Å²) < 4.78 is 0.936. The number of piperazine rings is 1. The van der Waals surface area contributed by atoms with Crippen LogP contribution in [0.5, 0.6) is 0 Å². The van der Waals surface area contributed by atoms with Crippen molar-refractivity contribution in [1.29, 1.82) is 0 Å². The molecule has 21 heavy (non-hydrogen) atoms. The maximum Gasteiger partial charge on any atom is 0.328 e. The highest BCUT2D eigenvalue weighted by Crippen LogP contribution is 2.29. The predicted molar refractivity (Wildman–Crippen MR) is 87.6 cm³/mol. The third-order valence-electron chi connectivity index (χ3n) is 4.34. The summed E-state index contributed by atoms with van der Waals surface area (Å²) in [7, 11) is 0. The second kappa shape index (κ2) is 6.20. The first kappa shape index (κ1) is 14.6. The van der Waals surface area contributed by atoms with Crippen LogP contribution in [-0.4, -0.2) is 48.2 Å². The zero-order valence-electron chi connectivity index (χ0n) is 11.8. The monoisotopic (exact) mass is 350 g/mol. The maximum absolute atomic E-state index is 10.6. The van der Waals surface area contributed by atoms with E-state index in [4.69, 9.17) is 5.11 Å². The number of nitrogens with zero attached hydrogens (tertiary/aromatic N) is 2. The van der Waals surface area contributed by atoms with Gasteiger partial charge in [0.05, 0.1) is 0 Å². The van der Waals surface area contributed by atoms with Crippen LogP contribution in [0.15, 0.2) is 28.7 Å². The summed E-state index contributed by atoms with van der Waals surface area (Å²) in [6.45, 7) is 4.55. The van der Waals surface area contributed by atoms with Crippen LogP contribution in [0.2, 0.25) is 0 Å². The van der Waals surface area contributed by atoms with Crippen LogP contribution in [-0.2, 0) is 4.79 Å². The van der Waals surface area contributed by atoms with E-state index in [0.717, 1.165) is 35.7 Å². The molecule has 0 saturated carbocycles. The maximum atomic E-state index is 10.6. The molecule has 0 aromatic heterocycles. The second-order valence-corrected chi connectivity index (χ2v) is 6.51. The van der Waals surface area contributed by atoms with Crippen molar-refractivity contribution in [3.8, 4) is 0 Å². The highest BCUT2D eigenvalue weighted by molar-refractivity contribution is 9.10. The van der Waals surface area contributed by atoms with Gasteiger partial charge in [0.25, 0.3) is 0 Å². The van der Waals surface area contributed by atoms with Gasteiger partial charge in [0.1, 0.15) is 0 Å². The van der Waals surface area contributed by atoms with Crippen LogP contribution in [0.25, 0.3) is 6.08 Å². The minimum atomic E-state index is -0.927. The summed E-state index contributed by atoms with van der Waals surface area (Å²) in [5, 5.41) is 8.70. The van der Waals surface area contributed by atoms with Crippen molar-refractivity contribution in [2.45, 2.75) is 18.9 Å². The van der Waals surface area contributed by atoms with Gasteiger partial charge in [-0.3, -0.25) is 4.90 Å². The fourth-order valence-corrected chi connectivity index (χ4v) is 3.73. The van der Waals surface area contributed by atoms with Crippen molar-refractivity contribution in [1.82, 2.24) is 4.90 Å². The Labute approximate surface area is 133 Å². The molecule has 3 rings (SSSR count). The summed E-state index contributed by atoms with van der Waals surface area (Å²) in [4.78, 5) is 15.6. The number of aliphatic carboxylic acids is 1. The number of hydrogen-bond donors (Lipinski definition) is 1. The molecule has 2 aliphatic rings. The number of benzene rings is 1. The van der Waals surface area contributed by atoms with E-state index in [1.807, 2.05) is 6.07 Å². The van der Waals surface area contributed by atoms with E-state index >= 15 is 0 Å². The Bertz CT molecular complexity index is 573. The van der Waals surface area contributed by atoms with Crippen molar-refractivity contribution < 1.29 is 9.90 Å². The SMILES string of the molecule is O=C(O)/C=C/c1ccc(N2CCN3CCCC3C2)cc1Br. The van der Waals surface area contributed by atoms with Gasteiger partial charge in [-0.15, -0.1) is 0 Å². The number of carboxylic acid groups (broad SMARTS) is 1. The highest BCUT2D eigenvalue weighted by atomic mass is 79.9. The molecule has 1 atom stereocenters. The zero-order chi connectivity index (χ0) is 14.8. The second-order valence-electron chi connectivity index (χ2n) is 5.66. The fourth-order valence-electron chi connectivity index (χ4n) is 3.23. The molecule has 4 nitrogen and oxygen atoms in total. The quantitative estimate of drug-likeness (QED) is 0.851. The largest absolute Gasteiger partial charge is 0.478 e. The number of anilines is 1. The van der Waals surface area contributed by atoms with Crippen LogP contribution >= 0.6 is 15.9 Å². The molecule has 5 heteroatoms. The molecule has 1 unspecified atom stereocenters. The Kier molecular flexibility index (Phi) is 4.31. The van der Waals surface area contributed by atoms with Gasteiger partial charge in [0, 0.05) is 41.9 Å². The number of halogens is 1. The Hall–Kier alpha value is -1.33. The average molecular weight is 351 g/mol. The molecule has 2 aliphatic heterocycles. The van der Waals surface area contributed by atoms with Gasteiger partial charge in [-0.05, 0) is 43.2 Å². The molecule has 2 saturated heterocycles. The molecular weight excluding hydrogens is 332 g/mol. The van der Waals surface area contributed by atoms with E-state index < -0.39 is 5.97 Å². The molecule has 0 amide bonds. The number of hydrogen-bond acceptors (Lipinski definition) is 3. The smallest absolute Gasteiger partial charge is 0.328 e. The molecule has 112 valence electrons. The third kappa shape index (κ3) is 3.30. The van der Waals surface area contributed by atoms with Gasteiger partial charge in [-0.2, -0.15) is 0 Å². The first-order valence-corrected chi connectivity index (χ1v) is 8.12. The van der Waals surface area contributed by atoms with Gasteiger partial charge in [-0.1, -0.05) is 22.0 Å². The molecule has 2 fully saturated rings. The van der Waals surface area contributed by atoms with Gasteiger partial charge >= 0.3 is 5.97 Å². The molecule has 1 aromatic carbocycles. The fraction of sp³-hybridized carbons (Fsp3) is 0.438. The Morgan fingerprint density at radius 2 is 2.19 bits per heavy atom. The predicted octanol–water partition coefficient (Wildman–Crippen LogP) is 2.83. The van der Waals surface area contributed by atoms with E-state index in [0.29, 0.717) is 6.04 Å². The minimum absolute atomic E-state index is 0.698. The first-order valence-electron chi connectivity index (χ1n) is 7.33.